The van der Waals surface area contributed by atoms with Gasteiger partial charge in [-0.1, -0.05) is 0 Å². The highest BCUT2D eigenvalue weighted by molar-refractivity contribution is 5.69. The molecular formula is C16H31N3O4. The molecule has 23 heavy (non-hydrogen) atoms. The van der Waals surface area contributed by atoms with Crippen LogP contribution >= 0.6 is 0 Å². The van der Waals surface area contributed by atoms with Gasteiger partial charge in [0.2, 0.25) is 0 Å². The van der Waals surface area contributed by atoms with Crippen LogP contribution in [0.15, 0.2) is 0 Å². The highest BCUT2D eigenvalue weighted by Gasteiger charge is 2.32. The quantitative estimate of drug-likeness (QED) is 0.809. The number of hydrogen-bond acceptors (Lipinski definition) is 5. The maximum absolute atomic E-state index is 12.1. The van der Waals surface area contributed by atoms with Crippen LogP contribution in [0, 0.1) is 5.92 Å². The number of likely N-dealkylation sites (tertiary alicyclic amines) is 1. The molecule has 1 rings (SSSR count). The fourth-order valence-corrected chi connectivity index (χ4v) is 2.29. The summed E-state index contributed by atoms with van der Waals surface area (Å²) in [5.74, 6) is -0.0243. The van der Waals surface area contributed by atoms with Crippen molar-refractivity contribution < 1.29 is 19.1 Å². The second-order valence-electron chi connectivity index (χ2n) is 8.02. The van der Waals surface area contributed by atoms with E-state index in [0.717, 1.165) is 0 Å². The van der Waals surface area contributed by atoms with Gasteiger partial charge in [0.1, 0.15) is 11.2 Å². The Morgan fingerprint density at radius 3 is 2.22 bits per heavy atom. The molecule has 1 aliphatic heterocycles. The van der Waals surface area contributed by atoms with Crippen LogP contribution in [0.1, 0.15) is 48.0 Å². The Bertz CT molecular complexity index is 426. The van der Waals surface area contributed by atoms with Gasteiger partial charge in [-0.25, -0.2) is 9.59 Å². The first-order chi connectivity index (χ1) is 10.4. The third-order valence-electron chi connectivity index (χ3n) is 3.35. The lowest BCUT2D eigenvalue weighted by Gasteiger charge is -2.37. The molecule has 0 saturated carbocycles. The molecule has 2 amide bonds. The number of rotatable bonds is 2. The molecule has 0 aromatic carbocycles. The topological polar surface area (TPSA) is 93.9 Å². The van der Waals surface area contributed by atoms with Crippen molar-refractivity contribution in [3.63, 3.8) is 0 Å². The van der Waals surface area contributed by atoms with Crippen LogP contribution in [0.2, 0.25) is 0 Å². The van der Waals surface area contributed by atoms with Gasteiger partial charge in [-0.2, -0.15) is 0 Å². The molecule has 134 valence electrons. The van der Waals surface area contributed by atoms with Crippen LogP contribution in [0.25, 0.3) is 0 Å². The number of hydrogen-bond donors (Lipinski definition) is 2. The smallest absolute Gasteiger partial charge is 0.410 e. The number of amides is 2. The number of ether oxygens (including phenoxy) is 2. The average Bonchev–Trinajstić information content (AvgIpc) is 2.33. The highest BCUT2D eigenvalue weighted by Crippen LogP contribution is 2.18. The van der Waals surface area contributed by atoms with Crippen LogP contribution in [0.3, 0.4) is 0 Å². The lowest BCUT2D eigenvalue weighted by atomic mass is 9.93. The van der Waals surface area contributed by atoms with Crippen molar-refractivity contribution in [2.45, 2.75) is 65.2 Å². The van der Waals surface area contributed by atoms with Crippen LogP contribution < -0.4 is 11.1 Å². The number of nitrogens with one attached hydrogen (secondary N) is 1. The van der Waals surface area contributed by atoms with Gasteiger partial charge in [-0.15, -0.1) is 0 Å². The minimum Gasteiger partial charge on any atom is -0.444 e. The fraction of sp³-hybridized carbons (Fsp3) is 0.875. The van der Waals surface area contributed by atoms with Crippen LogP contribution in [0.4, 0.5) is 9.59 Å². The van der Waals surface area contributed by atoms with Gasteiger partial charge in [0.25, 0.3) is 0 Å². The summed E-state index contributed by atoms with van der Waals surface area (Å²) in [7, 11) is 0. The Hall–Kier alpha value is -1.50. The summed E-state index contributed by atoms with van der Waals surface area (Å²) >= 11 is 0. The van der Waals surface area contributed by atoms with Crippen molar-refractivity contribution in [3.8, 4) is 0 Å². The molecule has 0 aromatic heterocycles. The molecule has 7 heteroatoms. The van der Waals surface area contributed by atoms with E-state index in [1.807, 2.05) is 41.5 Å². The average molecular weight is 329 g/mol. The molecule has 1 fully saturated rings. The lowest BCUT2D eigenvalue weighted by Crippen LogP contribution is -2.53. The maximum atomic E-state index is 12.1. The summed E-state index contributed by atoms with van der Waals surface area (Å²) in [6.07, 6.45) is -0.134. The van der Waals surface area contributed by atoms with Gasteiger partial charge in [0.15, 0.2) is 0 Å². The molecule has 3 N–H and O–H groups in total. The first-order valence-electron chi connectivity index (χ1n) is 8.08. The third kappa shape index (κ3) is 7.54. The molecule has 2 atom stereocenters. The Morgan fingerprint density at radius 2 is 1.70 bits per heavy atom. The normalized spacial score (nSPS) is 22.5. The second-order valence-corrected chi connectivity index (χ2v) is 8.02. The monoisotopic (exact) mass is 329 g/mol. The predicted molar refractivity (Wildman–Crippen MR) is 88.1 cm³/mol. The number of carbonyl (C=O) groups is 2. The summed E-state index contributed by atoms with van der Waals surface area (Å²) in [6.45, 7) is 12.3. The molecule has 7 nitrogen and oxygen atoms in total. The standard InChI is InChI=1S/C16H31N3O4/c1-15(2,3)22-13(20)18-9-11-10-19(8-7-12(11)17)14(21)23-16(4,5)6/h11-12H,7-10,17H2,1-6H3,(H,18,20)/t11-,12-/m1/s1. The SMILES string of the molecule is CC(C)(C)OC(=O)NC[C@@H]1CN(C(=O)OC(C)(C)C)CC[C@H]1N. The number of alkyl carbamates (subject to hydrolysis) is 1. The molecule has 1 heterocycles. The van der Waals surface area contributed by atoms with Gasteiger partial charge in [-0.05, 0) is 48.0 Å². The van der Waals surface area contributed by atoms with E-state index in [0.29, 0.717) is 26.1 Å². The molecule has 0 unspecified atom stereocenters. The first kappa shape index (κ1) is 19.5. The molecule has 0 aromatic rings. The van der Waals surface area contributed by atoms with E-state index in [-0.39, 0.29) is 18.1 Å². The number of nitrogens with two attached hydrogens (primary N) is 1. The Kier molecular flexibility index (Phi) is 6.27. The third-order valence-corrected chi connectivity index (χ3v) is 3.35. The minimum atomic E-state index is -0.540. The van der Waals surface area contributed by atoms with Crippen LogP contribution in [-0.2, 0) is 9.47 Å². The Labute approximate surface area is 138 Å². The van der Waals surface area contributed by atoms with Crippen molar-refractivity contribution in [1.82, 2.24) is 10.2 Å². The summed E-state index contributed by atoms with van der Waals surface area (Å²) in [5, 5.41) is 2.73. The zero-order chi connectivity index (χ0) is 17.8. The van der Waals surface area contributed by atoms with E-state index in [2.05, 4.69) is 5.32 Å². The molecule has 0 radical (unpaired) electrons. The van der Waals surface area contributed by atoms with Gasteiger partial charge >= 0.3 is 12.2 Å². The largest absolute Gasteiger partial charge is 0.444 e. The van der Waals surface area contributed by atoms with E-state index in [1.54, 1.807) is 4.90 Å². The summed E-state index contributed by atoms with van der Waals surface area (Å²) in [6, 6.07) is -0.0661. The van der Waals surface area contributed by atoms with E-state index < -0.39 is 17.3 Å². The van der Waals surface area contributed by atoms with Crippen molar-refractivity contribution in [3.05, 3.63) is 0 Å². The Morgan fingerprint density at radius 1 is 1.13 bits per heavy atom. The van der Waals surface area contributed by atoms with Gasteiger partial charge in [0.05, 0.1) is 0 Å². The molecule has 1 aliphatic rings. The minimum absolute atomic E-state index is 0.0243. The van der Waals surface area contributed by atoms with E-state index in [4.69, 9.17) is 15.2 Å². The zero-order valence-corrected chi connectivity index (χ0v) is 15.1. The number of nitrogens with zero attached hydrogens (tertiary/aromatic N) is 1. The van der Waals surface area contributed by atoms with E-state index in [1.165, 1.54) is 0 Å². The van der Waals surface area contributed by atoms with Crippen molar-refractivity contribution in [2.24, 2.45) is 11.7 Å². The molecule has 0 bridgehead atoms. The van der Waals surface area contributed by atoms with Gasteiger partial charge in [0, 0.05) is 31.6 Å². The molecule has 0 aliphatic carbocycles. The number of carbonyl (C=O) groups excluding carboxylic acids is 2. The zero-order valence-electron chi connectivity index (χ0n) is 15.1. The van der Waals surface area contributed by atoms with Crippen molar-refractivity contribution >= 4 is 12.2 Å². The van der Waals surface area contributed by atoms with E-state index in [9.17, 15) is 9.59 Å². The maximum Gasteiger partial charge on any atom is 0.410 e. The Balaban J connectivity index is 2.51. The van der Waals surface area contributed by atoms with E-state index >= 15 is 0 Å². The molecule has 1 saturated heterocycles. The predicted octanol–water partition coefficient (Wildman–Crippen LogP) is 2.10. The summed E-state index contributed by atoms with van der Waals surface area (Å²) in [4.78, 5) is 25.5. The fourth-order valence-electron chi connectivity index (χ4n) is 2.29. The van der Waals surface area contributed by atoms with Crippen LogP contribution in [-0.4, -0.2) is 54.0 Å². The second kappa shape index (κ2) is 7.38. The molecule has 0 spiro atoms. The summed E-state index contributed by atoms with van der Waals surface area (Å²) < 4.78 is 10.6. The van der Waals surface area contributed by atoms with Crippen molar-refractivity contribution in [1.29, 1.82) is 0 Å². The van der Waals surface area contributed by atoms with Gasteiger partial charge in [-0.3, -0.25) is 0 Å². The van der Waals surface area contributed by atoms with Crippen LogP contribution in [0.5, 0.6) is 0 Å². The number of piperidine rings is 1. The first-order valence-corrected chi connectivity index (χ1v) is 8.08. The van der Waals surface area contributed by atoms with Crippen molar-refractivity contribution in [2.75, 3.05) is 19.6 Å². The summed E-state index contributed by atoms with van der Waals surface area (Å²) in [5.41, 5.74) is 5.04. The molecular weight excluding hydrogens is 298 g/mol. The highest BCUT2D eigenvalue weighted by atomic mass is 16.6. The lowest BCUT2D eigenvalue weighted by molar-refractivity contribution is 0.0145. The van der Waals surface area contributed by atoms with Gasteiger partial charge < -0.3 is 25.4 Å².